The van der Waals surface area contributed by atoms with Crippen molar-refractivity contribution in [3.63, 3.8) is 0 Å². The average Bonchev–Trinajstić information content (AvgIpc) is 3.22. The predicted molar refractivity (Wildman–Crippen MR) is 118 cm³/mol. The Morgan fingerprint density at radius 1 is 0.793 bits per heavy atom. The highest BCUT2D eigenvalue weighted by molar-refractivity contribution is 6.42. The Balaban J connectivity index is 1.42. The lowest BCUT2D eigenvalue weighted by Gasteiger charge is -2.09. The first-order valence-corrected chi connectivity index (χ1v) is 9.59. The second kappa shape index (κ2) is 8.39. The number of nitrogens with one attached hydrogen (secondary N) is 2. The van der Waals surface area contributed by atoms with Gasteiger partial charge >= 0.3 is 6.03 Å². The molecule has 144 valence electrons. The van der Waals surface area contributed by atoms with Crippen molar-refractivity contribution in [2.45, 2.75) is 0 Å². The molecule has 0 saturated heterocycles. The second-order valence-electron chi connectivity index (χ2n) is 6.27. The normalized spacial score (nSPS) is 10.6. The summed E-state index contributed by atoms with van der Waals surface area (Å²) >= 11 is 11.8. The van der Waals surface area contributed by atoms with Crippen molar-refractivity contribution in [3.05, 3.63) is 95.1 Å². The van der Waals surface area contributed by atoms with Crippen molar-refractivity contribution < 1.29 is 4.79 Å². The van der Waals surface area contributed by atoms with Gasteiger partial charge in [0.25, 0.3) is 0 Å². The third-order valence-corrected chi connectivity index (χ3v) is 4.96. The lowest BCUT2D eigenvalue weighted by molar-refractivity contribution is 0.262. The summed E-state index contributed by atoms with van der Waals surface area (Å²) in [5.74, 6) is 0. The van der Waals surface area contributed by atoms with E-state index in [4.69, 9.17) is 23.2 Å². The number of amides is 2. The quantitative estimate of drug-likeness (QED) is 0.394. The molecule has 3 aromatic carbocycles. The minimum absolute atomic E-state index is 0.374. The molecule has 2 N–H and O–H groups in total. The van der Waals surface area contributed by atoms with E-state index in [1.54, 1.807) is 22.9 Å². The molecule has 0 aliphatic rings. The van der Waals surface area contributed by atoms with Crippen LogP contribution < -0.4 is 10.6 Å². The van der Waals surface area contributed by atoms with E-state index in [0.717, 1.165) is 16.9 Å². The van der Waals surface area contributed by atoms with Crippen LogP contribution >= 0.6 is 23.2 Å². The Hall–Kier alpha value is -3.28. The Bertz CT molecular complexity index is 1140. The summed E-state index contributed by atoms with van der Waals surface area (Å²) in [6.45, 7) is 0. The molecule has 0 bridgehead atoms. The summed E-state index contributed by atoms with van der Waals surface area (Å²) < 4.78 is 1.79. The molecule has 2 amide bonds. The third-order valence-electron chi connectivity index (χ3n) is 4.23. The predicted octanol–water partition coefficient (Wildman–Crippen LogP) is 6.49. The minimum atomic E-state index is -0.374. The van der Waals surface area contributed by atoms with Gasteiger partial charge in [-0.2, -0.15) is 5.10 Å². The van der Waals surface area contributed by atoms with Crippen LogP contribution in [0.15, 0.2) is 85.1 Å². The third kappa shape index (κ3) is 4.59. The van der Waals surface area contributed by atoms with E-state index < -0.39 is 0 Å². The topological polar surface area (TPSA) is 59.0 Å². The van der Waals surface area contributed by atoms with Crippen molar-refractivity contribution in [2.75, 3.05) is 10.6 Å². The van der Waals surface area contributed by atoms with Gasteiger partial charge in [0.15, 0.2) is 0 Å². The Morgan fingerprint density at radius 2 is 1.48 bits per heavy atom. The number of anilines is 2. The number of carbonyl (C=O) groups excluding carboxylic acids is 1. The lowest BCUT2D eigenvalue weighted by Crippen LogP contribution is -2.19. The molecule has 4 rings (SSSR count). The first-order valence-electron chi connectivity index (χ1n) is 8.83. The molecule has 29 heavy (non-hydrogen) atoms. The van der Waals surface area contributed by atoms with E-state index in [0.29, 0.717) is 21.4 Å². The van der Waals surface area contributed by atoms with Crippen LogP contribution in [0.2, 0.25) is 10.0 Å². The number of halogens is 2. The standard InChI is InChI=1S/C22H16Cl2N4O/c23-19-11-8-17(14-20(19)24)26-22(29)25-16-6-9-18(10-7-16)28-13-12-21(27-28)15-4-2-1-3-5-15/h1-14H,(H2,25,26,29). The first kappa shape index (κ1) is 19.1. The molecular weight excluding hydrogens is 407 g/mol. The molecule has 0 radical (unpaired) electrons. The largest absolute Gasteiger partial charge is 0.323 e. The van der Waals surface area contributed by atoms with Gasteiger partial charge in [0.05, 0.1) is 21.4 Å². The number of rotatable bonds is 4. The number of carbonyl (C=O) groups is 1. The van der Waals surface area contributed by atoms with Crippen molar-refractivity contribution in [1.29, 1.82) is 0 Å². The maximum absolute atomic E-state index is 12.2. The van der Waals surface area contributed by atoms with Crippen LogP contribution in [0.1, 0.15) is 0 Å². The van der Waals surface area contributed by atoms with Gasteiger partial charge < -0.3 is 10.6 Å². The molecule has 4 aromatic rings. The molecular formula is C22H16Cl2N4O. The number of hydrogen-bond acceptors (Lipinski definition) is 2. The van der Waals surface area contributed by atoms with Gasteiger partial charge in [-0.25, -0.2) is 9.48 Å². The molecule has 0 spiro atoms. The summed E-state index contributed by atoms with van der Waals surface area (Å²) in [5, 5.41) is 10.9. The van der Waals surface area contributed by atoms with Crippen LogP contribution in [0.25, 0.3) is 16.9 Å². The van der Waals surface area contributed by atoms with Gasteiger partial charge in [-0.15, -0.1) is 0 Å². The van der Waals surface area contributed by atoms with Gasteiger partial charge in [0.2, 0.25) is 0 Å². The lowest BCUT2D eigenvalue weighted by atomic mass is 10.2. The van der Waals surface area contributed by atoms with E-state index in [9.17, 15) is 4.79 Å². The van der Waals surface area contributed by atoms with Crippen molar-refractivity contribution >= 4 is 40.6 Å². The van der Waals surface area contributed by atoms with E-state index in [2.05, 4.69) is 15.7 Å². The molecule has 0 fully saturated rings. The summed E-state index contributed by atoms with van der Waals surface area (Å²) in [5.41, 5.74) is 4.06. The van der Waals surface area contributed by atoms with Crippen molar-refractivity contribution in [2.24, 2.45) is 0 Å². The summed E-state index contributed by atoms with van der Waals surface area (Å²) in [4.78, 5) is 12.2. The highest BCUT2D eigenvalue weighted by Crippen LogP contribution is 2.25. The zero-order valence-corrected chi connectivity index (χ0v) is 16.7. The molecule has 1 heterocycles. The molecule has 1 aromatic heterocycles. The van der Waals surface area contributed by atoms with E-state index in [1.807, 2.05) is 66.9 Å². The fourth-order valence-corrected chi connectivity index (χ4v) is 3.09. The molecule has 0 saturated carbocycles. The zero-order valence-electron chi connectivity index (χ0n) is 15.1. The second-order valence-corrected chi connectivity index (χ2v) is 7.08. The molecule has 0 aliphatic heterocycles. The summed E-state index contributed by atoms with van der Waals surface area (Å²) in [6.07, 6.45) is 1.90. The maximum Gasteiger partial charge on any atom is 0.323 e. The van der Waals surface area contributed by atoms with Crippen LogP contribution in [-0.4, -0.2) is 15.8 Å². The summed E-state index contributed by atoms with van der Waals surface area (Å²) in [6, 6.07) is 23.9. The van der Waals surface area contributed by atoms with Gasteiger partial charge in [-0.1, -0.05) is 53.5 Å². The fourth-order valence-electron chi connectivity index (χ4n) is 2.80. The zero-order chi connectivity index (χ0) is 20.2. The number of urea groups is 1. The number of nitrogens with zero attached hydrogens (tertiary/aromatic N) is 2. The maximum atomic E-state index is 12.2. The average molecular weight is 423 g/mol. The smallest absolute Gasteiger partial charge is 0.308 e. The fraction of sp³-hybridized carbons (Fsp3) is 0. The van der Waals surface area contributed by atoms with E-state index in [1.165, 1.54) is 0 Å². The van der Waals surface area contributed by atoms with Gasteiger partial charge in [0.1, 0.15) is 0 Å². The number of benzene rings is 3. The number of hydrogen-bond donors (Lipinski definition) is 2. The van der Waals surface area contributed by atoms with Gasteiger partial charge in [-0.05, 0) is 48.5 Å². The van der Waals surface area contributed by atoms with Crippen LogP contribution in [0.4, 0.5) is 16.2 Å². The Kier molecular flexibility index (Phi) is 5.51. The highest BCUT2D eigenvalue weighted by atomic mass is 35.5. The van der Waals surface area contributed by atoms with Gasteiger partial charge in [-0.3, -0.25) is 0 Å². The highest BCUT2D eigenvalue weighted by Gasteiger charge is 2.07. The molecule has 5 nitrogen and oxygen atoms in total. The van der Waals surface area contributed by atoms with Gasteiger partial charge in [0, 0.05) is 23.1 Å². The van der Waals surface area contributed by atoms with Crippen LogP contribution in [0.5, 0.6) is 0 Å². The molecule has 0 unspecified atom stereocenters. The minimum Gasteiger partial charge on any atom is -0.308 e. The monoisotopic (exact) mass is 422 g/mol. The Labute approximate surface area is 177 Å². The summed E-state index contributed by atoms with van der Waals surface area (Å²) in [7, 11) is 0. The van der Waals surface area contributed by atoms with Crippen LogP contribution in [0, 0.1) is 0 Å². The van der Waals surface area contributed by atoms with Crippen molar-refractivity contribution in [1.82, 2.24) is 9.78 Å². The molecule has 7 heteroatoms. The van der Waals surface area contributed by atoms with Crippen LogP contribution in [-0.2, 0) is 0 Å². The first-order chi connectivity index (χ1) is 14.1. The Morgan fingerprint density at radius 3 is 2.21 bits per heavy atom. The van der Waals surface area contributed by atoms with E-state index >= 15 is 0 Å². The molecule has 0 aliphatic carbocycles. The molecule has 0 atom stereocenters. The number of aromatic nitrogens is 2. The SMILES string of the molecule is O=C(Nc1ccc(-n2ccc(-c3ccccc3)n2)cc1)Nc1ccc(Cl)c(Cl)c1. The van der Waals surface area contributed by atoms with E-state index in [-0.39, 0.29) is 6.03 Å². The van der Waals surface area contributed by atoms with Crippen molar-refractivity contribution in [3.8, 4) is 16.9 Å². The van der Waals surface area contributed by atoms with Crippen LogP contribution in [0.3, 0.4) is 0 Å².